The third-order valence-corrected chi connectivity index (χ3v) is 5.20. The van der Waals surface area contributed by atoms with E-state index in [1.165, 1.54) is 12.8 Å². The molecule has 0 bridgehead atoms. The van der Waals surface area contributed by atoms with Crippen LogP contribution in [0, 0.1) is 24.6 Å². The van der Waals surface area contributed by atoms with Gasteiger partial charge in [0.05, 0.1) is 5.92 Å². The van der Waals surface area contributed by atoms with Crippen molar-refractivity contribution in [2.24, 2.45) is 11.8 Å². The summed E-state index contributed by atoms with van der Waals surface area (Å²) in [6, 6.07) is 5.33. The summed E-state index contributed by atoms with van der Waals surface area (Å²) in [5, 5.41) is 3.12. The molecule has 1 heterocycles. The van der Waals surface area contributed by atoms with Gasteiger partial charge in [-0.05, 0) is 55.2 Å². The van der Waals surface area contributed by atoms with Crippen LogP contribution < -0.4 is 5.32 Å². The van der Waals surface area contributed by atoms with Crippen LogP contribution in [0.3, 0.4) is 0 Å². The molecule has 3 rings (SSSR count). The topological polar surface area (TPSA) is 32.3 Å². The first-order chi connectivity index (χ1) is 11.6. The highest BCUT2D eigenvalue weighted by Gasteiger charge is 2.33. The predicted molar refractivity (Wildman–Crippen MR) is 94.4 cm³/mol. The number of aryl methyl sites for hydroxylation is 1. The van der Waals surface area contributed by atoms with Crippen molar-refractivity contribution in [1.82, 2.24) is 10.2 Å². The van der Waals surface area contributed by atoms with E-state index in [-0.39, 0.29) is 23.6 Å². The van der Waals surface area contributed by atoms with Gasteiger partial charge < -0.3 is 5.32 Å². The Hall–Kier alpha value is -1.68. The van der Waals surface area contributed by atoms with Crippen LogP contribution >= 0.6 is 0 Å². The van der Waals surface area contributed by atoms with Gasteiger partial charge in [0, 0.05) is 26.2 Å². The van der Waals surface area contributed by atoms with Crippen LogP contribution in [0.5, 0.6) is 0 Å². The van der Waals surface area contributed by atoms with E-state index in [0.29, 0.717) is 11.5 Å². The van der Waals surface area contributed by atoms with Gasteiger partial charge in [-0.3, -0.25) is 9.69 Å². The maximum absolute atomic E-state index is 13.6. The van der Waals surface area contributed by atoms with Crippen LogP contribution in [-0.4, -0.2) is 37.0 Å². The summed E-state index contributed by atoms with van der Waals surface area (Å²) in [6.45, 7) is 8.89. The molecule has 2 fully saturated rings. The Kier molecular flexibility index (Phi) is 5.34. The van der Waals surface area contributed by atoms with Crippen molar-refractivity contribution >= 4 is 5.91 Å². The van der Waals surface area contributed by atoms with Crippen LogP contribution in [0.4, 0.5) is 4.39 Å². The summed E-state index contributed by atoms with van der Waals surface area (Å²) >= 11 is 0. The SMILES string of the molecule is C=CCN1CC(C(=O)NCC2CC2)CC(c2ccc(F)c(C)c2)C1. The van der Waals surface area contributed by atoms with Crippen LogP contribution in [-0.2, 0) is 4.79 Å². The number of hydrogen-bond acceptors (Lipinski definition) is 2. The summed E-state index contributed by atoms with van der Waals surface area (Å²) in [6.07, 6.45) is 5.20. The summed E-state index contributed by atoms with van der Waals surface area (Å²) in [7, 11) is 0. The molecule has 1 saturated carbocycles. The van der Waals surface area contributed by atoms with Gasteiger partial charge in [0.15, 0.2) is 0 Å². The highest BCUT2D eigenvalue weighted by molar-refractivity contribution is 5.79. The van der Waals surface area contributed by atoms with Crippen LogP contribution in [0.15, 0.2) is 30.9 Å². The van der Waals surface area contributed by atoms with Crippen molar-refractivity contribution in [3.05, 3.63) is 47.8 Å². The van der Waals surface area contributed by atoms with Gasteiger partial charge in [0.1, 0.15) is 5.82 Å². The second-order valence-electron chi connectivity index (χ2n) is 7.33. The second-order valence-corrected chi connectivity index (χ2v) is 7.33. The van der Waals surface area contributed by atoms with Crippen molar-refractivity contribution in [3.8, 4) is 0 Å². The number of hydrogen-bond donors (Lipinski definition) is 1. The van der Waals surface area contributed by atoms with Crippen molar-refractivity contribution in [2.45, 2.75) is 32.1 Å². The highest BCUT2D eigenvalue weighted by atomic mass is 19.1. The average Bonchev–Trinajstić information content (AvgIpc) is 3.39. The van der Waals surface area contributed by atoms with E-state index in [4.69, 9.17) is 0 Å². The van der Waals surface area contributed by atoms with E-state index in [2.05, 4.69) is 16.8 Å². The summed E-state index contributed by atoms with van der Waals surface area (Å²) in [5.74, 6) is 0.940. The van der Waals surface area contributed by atoms with Crippen LogP contribution in [0.2, 0.25) is 0 Å². The van der Waals surface area contributed by atoms with E-state index in [0.717, 1.165) is 38.2 Å². The molecule has 4 heteroatoms. The average molecular weight is 330 g/mol. The Morgan fingerprint density at radius 2 is 2.21 bits per heavy atom. The lowest BCUT2D eigenvalue weighted by atomic mass is 9.83. The molecule has 1 saturated heterocycles. The third-order valence-electron chi connectivity index (χ3n) is 5.20. The Balaban J connectivity index is 1.71. The summed E-state index contributed by atoms with van der Waals surface area (Å²) in [5.41, 5.74) is 1.80. The second kappa shape index (κ2) is 7.47. The maximum Gasteiger partial charge on any atom is 0.224 e. The number of rotatable bonds is 6. The molecular formula is C20H27FN2O. The van der Waals surface area contributed by atoms with Gasteiger partial charge in [-0.2, -0.15) is 0 Å². The smallest absolute Gasteiger partial charge is 0.224 e. The third kappa shape index (κ3) is 4.23. The molecule has 1 aromatic rings. The zero-order valence-corrected chi connectivity index (χ0v) is 14.4. The lowest BCUT2D eigenvalue weighted by Gasteiger charge is -2.37. The molecular weight excluding hydrogens is 303 g/mol. The Morgan fingerprint density at radius 1 is 1.42 bits per heavy atom. The molecule has 3 nitrogen and oxygen atoms in total. The molecule has 2 aliphatic rings. The van der Waals surface area contributed by atoms with Crippen molar-refractivity contribution < 1.29 is 9.18 Å². The molecule has 1 aliphatic carbocycles. The van der Waals surface area contributed by atoms with Gasteiger partial charge in [-0.1, -0.05) is 18.2 Å². The van der Waals surface area contributed by atoms with Gasteiger partial charge in [-0.25, -0.2) is 4.39 Å². The minimum absolute atomic E-state index is 0.00666. The van der Waals surface area contributed by atoms with E-state index in [9.17, 15) is 9.18 Å². The number of carbonyl (C=O) groups is 1. The minimum atomic E-state index is -0.170. The largest absolute Gasteiger partial charge is 0.356 e. The number of nitrogens with zero attached hydrogens (tertiary/aromatic N) is 1. The lowest BCUT2D eigenvalue weighted by Crippen LogP contribution is -2.46. The van der Waals surface area contributed by atoms with Crippen molar-refractivity contribution in [3.63, 3.8) is 0 Å². The fraction of sp³-hybridized carbons (Fsp3) is 0.550. The molecule has 1 aromatic carbocycles. The number of halogens is 1. The molecule has 1 N–H and O–H groups in total. The first-order valence-electron chi connectivity index (χ1n) is 8.93. The van der Waals surface area contributed by atoms with E-state index in [1.807, 2.05) is 18.2 Å². The Morgan fingerprint density at radius 3 is 2.88 bits per heavy atom. The van der Waals surface area contributed by atoms with Gasteiger partial charge in [-0.15, -0.1) is 6.58 Å². The number of carbonyl (C=O) groups excluding carboxylic acids is 1. The fourth-order valence-electron chi connectivity index (χ4n) is 3.59. The van der Waals surface area contributed by atoms with E-state index in [1.54, 1.807) is 13.0 Å². The normalized spacial score (nSPS) is 24.6. The van der Waals surface area contributed by atoms with Gasteiger partial charge in [0.2, 0.25) is 5.91 Å². The van der Waals surface area contributed by atoms with Crippen LogP contribution in [0.25, 0.3) is 0 Å². The Labute approximate surface area is 143 Å². The minimum Gasteiger partial charge on any atom is -0.356 e. The molecule has 0 radical (unpaired) electrons. The fourth-order valence-corrected chi connectivity index (χ4v) is 3.59. The zero-order chi connectivity index (χ0) is 17.1. The molecule has 2 atom stereocenters. The van der Waals surface area contributed by atoms with Crippen molar-refractivity contribution in [2.75, 3.05) is 26.2 Å². The zero-order valence-electron chi connectivity index (χ0n) is 14.4. The highest BCUT2D eigenvalue weighted by Crippen LogP contribution is 2.32. The number of likely N-dealkylation sites (tertiary alicyclic amines) is 1. The molecule has 24 heavy (non-hydrogen) atoms. The predicted octanol–water partition coefficient (Wildman–Crippen LogP) is 3.25. The number of benzene rings is 1. The number of amides is 1. The molecule has 1 amide bonds. The van der Waals surface area contributed by atoms with Gasteiger partial charge >= 0.3 is 0 Å². The van der Waals surface area contributed by atoms with Gasteiger partial charge in [0.25, 0.3) is 0 Å². The number of nitrogens with one attached hydrogen (secondary N) is 1. The Bertz CT molecular complexity index is 612. The molecule has 2 unspecified atom stereocenters. The monoisotopic (exact) mass is 330 g/mol. The molecule has 0 spiro atoms. The first kappa shape index (κ1) is 17.2. The quantitative estimate of drug-likeness (QED) is 0.812. The first-order valence-corrected chi connectivity index (χ1v) is 8.93. The van der Waals surface area contributed by atoms with E-state index >= 15 is 0 Å². The van der Waals surface area contributed by atoms with Crippen molar-refractivity contribution in [1.29, 1.82) is 0 Å². The van der Waals surface area contributed by atoms with Crippen LogP contribution in [0.1, 0.15) is 36.3 Å². The molecule has 130 valence electrons. The molecule has 1 aliphatic heterocycles. The maximum atomic E-state index is 13.6. The molecule has 0 aromatic heterocycles. The summed E-state index contributed by atoms with van der Waals surface area (Å²) < 4.78 is 13.6. The van der Waals surface area contributed by atoms with E-state index < -0.39 is 0 Å². The summed E-state index contributed by atoms with van der Waals surface area (Å²) in [4.78, 5) is 14.8. The lowest BCUT2D eigenvalue weighted by molar-refractivity contribution is -0.126. The standard InChI is InChI=1S/C20H27FN2O/c1-3-8-23-12-17(16-6-7-19(21)14(2)9-16)10-18(13-23)20(24)22-11-15-4-5-15/h3,6-7,9,15,17-18H,1,4-5,8,10-13H2,2H3,(H,22,24). The number of piperidine rings is 1.